The molecule has 6 heteroatoms. The molecule has 1 fully saturated rings. The Kier molecular flexibility index (Phi) is 8.57. The Morgan fingerprint density at radius 3 is 2.39 bits per heavy atom. The number of pyridine rings is 1. The lowest BCUT2D eigenvalue weighted by Crippen LogP contribution is -2.43. The average molecular weight is 500 g/mol. The number of allylic oxidation sites excluding steroid dienone is 1. The highest BCUT2D eigenvalue weighted by Crippen LogP contribution is 2.30. The first-order valence-corrected chi connectivity index (χ1v) is 12.8. The van der Waals surface area contributed by atoms with E-state index < -0.39 is 0 Å². The first kappa shape index (κ1) is 25.7. The van der Waals surface area contributed by atoms with Crippen LogP contribution in [-0.4, -0.2) is 58.2 Å². The maximum atomic E-state index is 6.44. The van der Waals surface area contributed by atoms with Gasteiger partial charge in [-0.3, -0.25) is 5.10 Å². The molecule has 1 aliphatic heterocycles. The van der Waals surface area contributed by atoms with E-state index in [9.17, 15) is 0 Å². The van der Waals surface area contributed by atoms with Crippen LogP contribution in [0.4, 0.5) is 0 Å². The van der Waals surface area contributed by atoms with Crippen LogP contribution in [0.25, 0.3) is 39.5 Å². The lowest BCUT2D eigenvalue weighted by Gasteiger charge is -2.35. The van der Waals surface area contributed by atoms with Crippen molar-refractivity contribution in [2.45, 2.75) is 19.8 Å². The van der Waals surface area contributed by atoms with Crippen LogP contribution in [0.5, 0.6) is 0 Å². The van der Waals surface area contributed by atoms with Crippen LogP contribution in [0.3, 0.4) is 0 Å². The Labute approximate surface area is 219 Å². The number of rotatable bonds is 6. The summed E-state index contributed by atoms with van der Waals surface area (Å²) >= 11 is 6.44. The molecule has 0 bridgehead atoms. The van der Waals surface area contributed by atoms with Crippen molar-refractivity contribution in [3.8, 4) is 22.5 Å². The Morgan fingerprint density at radius 2 is 1.75 bits per heavy atom. The van der Waals surface area contributed by atoms with E-state index in [1.807, 2.05) is 54.6 Å². The van der Waals surface area contributed by atoms with Gasteiger partial charge in [0.15, 0.2) is 0 Å². The molecule has 0 spiro atoms. The molecule has 0 saturated carbocycles. The van der Waals surface area contributed by atoms with Crippen LogP contribution >= 0.6 is 11.6 Å². The number of hydrogen-bond acceptors (Lipinski definition) is 4. The maximum absolute atomic E-state index is 6.44. The van der Waals surface area contributed by atoms with Gasteiger partial charge in [-0.15, -0.1) is 0 Å². The van der Waals surface area contributed by atoms with Crippen molar-refractivity contribution in [2.75, 3.05) is 33.2 Å². The molecule has 0 radical (unpaired) electrons. The van der Waals surface area contributed by atoms with Gasteiger partial charge in [0.25, 0.3) is 0 Å². The largest absolute Gasteiger partial charge is 0.373 e. The normalized spacial score (nSPS) is 13.8. The molecule has 2 aromatic carbocycles. The van der Waals surface area contributed by atoms with E-state index in [-0.39, 0.29) is 0 Å². The van der Waals surface area contributed by atoms with E-state index in [2.05, 4.69) is 47.1 Å². The van der Waals surface area contributed by atoms with Crippen molar-refractivity contribution in [3.63, 3.8) is 0 Å². The Hall–Kier alpha value is -3.41. The smallest absolute Gasteiger partial charge is 0.0730 e. The molecule has 3 heterocycles. The fourth-order valence-corrected chi connectivity index (χ4v) is 4.55. The molecule has 0 unspecified atom stereocenters. The van der Waals surface area contributed by atoms with Crippen LogP contribution in [0, 0.1) is 0 Å². The van der Waals surface area contributed by atoms with E-state index in [4.69, 9.17) is 16.6 Å². The van der Waals surface area contributed by atoms with Gasteiger partial charge in [0.2, 0.25) is 0 Å². The van der Waals surface area contributed by atoms with Crippen LogP contribution in [-0.2, 0) is 0 Å². The molecule has 0 aliphatic carbocycles. The number of aromatic amines is 1. The molecule has 5 nitrogen and oxygen atoms in total. The van der Waals surface area contributed by atoms with Crippen LogP contribution in [0.2, 0.25) is 5.02 Å². The van der Waals surface area contributed by atoms with Crippen molar-refractivity contribution in [1.82, 2.24) is 25.0 Å². The van der Waals surface area contributed by atoms with Crippen LogP contribution in [0.15, 0.2) is 79.6 Å². The monoisotopic (exact) mass is 499 g/mol. The summed E-state index contributed by atoms with van der Waals surface area (Å²) in [5, 5.41) is 8.58. The summed E-state index contributed by atoms with van der Waals surface area (Å²) in [5.41, 5.74) is 7.16. The summed E-state index contributed by atoms with van der Waals surface area (Å²) in [7, 11) is 2.18. The first-order chi connectivity index (χ1) is 17.5. The van der Waals surface area contributed by atoms with Crippen LogP contribution < -0.4 is 0 Å². The van der Waals surface area contributed by atoms with Gasteiger partial charge < -0.3 is 9.80 Å². The topological polar surface area (TPSA) is 48.0 Å². The second-order valence-corrected chi connectivity index (χ2v) is 9.53. The zero-order chi connectivity index (χ0) is 25.5. The Morgan fingerprint density at radius 1 is 1.03 bits per heavy atom. The van der Waals surface area contributed by atoms with Crippen molar-refractivity contribution in [3.05, 3.63) is 90.2 Å². The lowest BCUT2D eigenvalue weighted by molar-refractivity contribution is 0.183. The third-order valence-electron chi connectivity index (χ3n) is 6.50. The molecule has 186 valence electrons. The molecular weight excluding hydrogens is 466 g/mol. The van der Waals surface area contributed by atoms with Crippen molar-refractivity contribution in [2.24, 2.45) is 0 Å². The lowest BCUT2D eigenvalue weighted by atomic mass is 10.0. The zero-order valence-electron chi connectivity index (χ0n) is 21.2. The fraction of sp³-hybridized carbons (Fsp3) is 0.267. The zero-order valence-corrected chi connectivity index (χ0v) is 21.9. The highest BCUT2D eigenvalue weighted by molar-refractivity contribution is 6.35. The van der Waals surface area contributed by atoms with E-state index in [0.29, 0.717) is 5.02 Å². The van der Waals surface area contributed by atoms with Crippen molar-refractivity contribution in [1.29, 1.82) is 0 Å². The molecule has 4 aromatic rings. The number of halogens is 1. The number of nitrogens with zero attached hydrogens (tertiary/aromatic N) is 4. The third-order valence-corrected chi connectivity index (χ3v) is 6.81. The van der Waals surface area contributed by atoms with Gasteiger partial charge in [-0.1, -0.05) is 80.6 Å². The molecule has 0 amide bonds. The number of H-pyrrole nitrogens is 1. The second-order valence-electron chi connectivity index (χ2n) is 9.12. The second kappa shape index (κ2) is 12.0. The minimum absolute atomic E-state index is 0.697. The number of nitrogens with one attached hydrogen (secondary N) is 1. The number of aromatic nitrogens is 3. The third kappa shape index (κ3) is 6.23. The van der Waals surface area contributed by atoms with Crippen molar-refractivity contribution < 1.29 is 0 Å². The van der Waals surface area contributed by atoms with Gasteiger partial charge in [-0.25, -0.2) is 4.98 Å². The van der Waals surface area contributed by atoms with Crippen LogP contribution in [0.1, 0.15) is 25.3 Å². The van der Waals surface area contributed by atoms with Gasteiger partial charge in [0.05, 0.1) is 21.9 Å². The molecule has 0 atom stereocenters. The number of fused-ring (bicyclic) bond motifs is 1. The molecule has 2 aromatic heterocycles. The van der Waals surface area contributed by atoms with Gasteiger partial charge in [0.1, 0.15) is 0 Å². The number of piperazine rings is 1. The maximum Gasteiger partial charge on any atom is 0.0730 e. The molecule has 1 saturated heterocycles. The first-order valence-electron chi connectivity index (χ1n) is 12.4. The molecule has 1 aliphatic rings. The summed E-state index contributed by atoms with van der Waals surface area (Å²) in [6, 6.07) is 18.0. The Balaban J connectivity index is 0.000000214. The van der Waals surface area contributed by atoms with Gasteiger partial charge in [0, 0.05) is 49.0 Å². The summed E-state index contributed by atoms with van der Waals surface area (Å²) in [4.78, 5) is 9.55. The summed E-state index contributed by atoms with van der Waals surface area (Å²) in [6.07, 6.45) is 5.92. The SMILES string of the molecule is C=C(CCC)N1CCN(C)CC1.C=Cc1ccc2c(Cl)cc(-c3ccc(-c4ccn[nH]4)cc3)nc2c1. The van der Waals surface area contributed by atoms with E-state index in [1.54, 1.807) is 12.3 Å². The average Bonchev–Trinajstić information content (AvgIpc) is 3.44. The minimum Gasteiger partial charge on any atom is -0.373 e. The predicted molar refractivity (Wildman–Crippen MR) is 153 cm³/mol. The van der Waals surface area contributed by atoms with E-state index in [1.165, 1.54) is 25.2 Å². The summed E-state index contributed by atoms with van der Waals surface area (Å²) in [5.74, 6) is 0. The van der Waals surface area contributed by atoms with Gasteiger partial charge in [-0.05, 0) is 42.8 Å². The van der Waals surface area contributed by atoms with Gasteiger partial charge in [-0.2, -0.15) is 5.10 Å². The molecule has 1 N–H and O–H groups in total. The highest BCUT2D eigenvalue weighted by Gasteiger charge is 2.14. The molecular formula is C30H34ClN5. The standard InChI is InChI=1S/C20H14ClN3.C10H20N2/c1-2-13-3-8-16-17(21)12-19(23-20(16)11-13)15-6-4-14(5-7-15)18-9-10-22-24-18;1-4-5-10(2)12-8-6-11(3)7-9-12/h2-12H,1H2,(H,22,24);2,4-9H2,1,3H3. The molecule has 5 rings (SSSR count). The Bertz CT molecular complexity index is 1300. The fourth-order valence-electron chi connectivity index (χ4n) is 4.28. The quantitative estimate of drug-likeness (QED) is 0.306. The minimum atomic E-state index is 0.697. The van der Waals surface area contributed by atoms with E-state index in [0.717, 1.165) is 58.5 Å². The van der Waals surface area contributed by atoms with E-state index >= 15 is 0 Å². The predicted octanol–water partition coefficient (Wildman–Crippen LogP) is 7.14. The molecule has 36 heavy (non-hydrogen) atoms. The number of benzene rings is 2. The number of likely N-dealkylation sites (N-methyl/N-ethyl adjacent to an activating group) is 1. The summed E-state index contributed by atoms with van der Waals surface area (Å²) in [6.45, 7) is 14.8. The van der Waals surface area contributed by atoms with Gasteiger partial charge >= 0.3 is 0 Å². The van der Waals surface area contributed by atoms with Crippen molar-refractivity contribution >= 4 is 28.6 Å². The highest BCUT2D eigenvalue weighted by atomic mass is 35.5. The number of hydrogen-bond donors (Lipinski definition) is 1. The summed E-state index contributed by atoms with van der Waals surface area (Å²) < 4.78 is 0.